The molecule has 1 aliphatic heterocycles. The van der Waals surface area contributed by atoms with Gasteiger partial charge in [0.15, 0.2) is 0 Å². The zero-order valence-electron chi connectivity index (χ0n) is 7.72. The summed E-state index contributed by atoms with van der Waals surface area (Å²) < 4.78 is 0.532. The Balaban J connectivity index is 2.47. The van der Waals surface area contributed by atoms with Crippen molar-refractivity contribution in [3.63, 3.8) is 0 Å². The van der Waals surface area contributed by atoms with Crippen LogP contribution in [-0.2, 0) is 0 Å². The van der Waals surface area contributed by atoms with Crippen LogP contribution in [0.1, 0.15) is 33.6 Å². The zero-order chi connectivity index (χ0) is 8.32. The van der Waals surface area contributed by atoms with E-state index in [0.29, 0.717) is 4.75 Å². The second-order valence-corrected chi connectivity index (χ2v) is 6.95. The van der Waals surface area contributed by atoms with E-state index >= 15 is 0 Å². The Kier molecular flexibility index (Phi) is 3.63. The number of rotatable bonds is 1. The average Bonchev–Trinajstić information content (AvgIpc) is 2.10. The standard InChI is InChI=1S/C9H18S2/c1-4-8-5-9(2,3)11-7-10-6-8/h8H,4-7H2,1-3H3. The van der Waals surface area contributed by atoms with Crippen molar-refractivity contribution in [3.8, 4) is 0 Å². The highest BCUT2D eigenvalue weighted by atomic mass is 32.2. The predicted octanol–water partition coefficient (Wildman–Crippen LogP) is 3.62. The van der Waals surface area contributed by atoms with Gasteiger partial charge in [-0.15, -0.1) is 11.8 Å². The Morgan fingerprint density at radius 1 is 1.45 bits per heavy atom. The van der Waals surface area contributed by atoms with E-state index in [2.05, 4.69) is 44.3 Å². The van der Waals surface area contributed by atoms with E-state index in [0.717, 1.165) is 5.92 Å². The molecule has 1 aliphatic rings. The summed E-state index contributed by atoms with van der Waals surface area (Å²) in [7, 11) is 0. The summed E-state index contributed by atoms with van der Waals surface area (Å²) in [4.78, 5) is 0. The topological polar surface area (TPSA) is 0 Å². The van der Waals surface area contributed by atoms with Crippen molar-refractivity contribution in [1.82, 2.24) is 0 Å². The van der Waals surface area contributed by atoms with Gasteiger partial charge in [-0.2, -0.15) is 11.8 Å². The molecule has 1 unspecified atom stereocenters. The van der Waals surface area contributed by atoms with E-state index in [1.165, 1.54) is 23.7 Å². The van der Waals surface area contributed by atoms with Crippen molar-refractivity contribution >= 4 is 23.5 Å². The SMILES string of the molecule is CCC1CSCSC(C)(C)C1. The summed E-state index contributed by atoms with van der Waals surface area (Å²) in [6, 6.07) is 0. The quantitative estimate of drug-likeness (QED) is 0.619. The van der Waals surface area contributed by atoms with Crippen molar-refractivity contribution in [3.05, 3.63) is 0 Å². The molecule has 66 valence electrons. The molecule has 0 saturated carbocycles. The normalized spacial score (nSPS) is 31.4. The second-order valence-electron chi connectivity index (χ2n) is 3.87. The van der Waals surface area contributed by atoms with Crippen LogP contribution in [0.15, 0.2) is 0 Å². The van der Waals surface area contributed by atoms with Gasteiger partial charge in [0.05, 0.1) is 0 Å². The molecule has 1 heterocycles. The van der Waals surface area contributed by atoms with Crippen molar-refractivity contribution in [2.75, 3.05) is 10.8 Å². The van der Waals surface area contributed by atoms with Crippen LogP contribution in [0.25, 0.3) is 0 Å². The third-order valence-electron chi connectivity index (χ3n) is 2.24. The molecule has 0 radical (unpaired) electrons. The molecule has 0 spiro atoms. The van der Waals surface area contributed by atoms with Crippen molar-refractivity contribution in [1.29, 1.82) is 0 Å². The lowest BCUT2D eigenvalue weighted by Gasteiger charge is -2.24. The van der Waals surface area contributed by atoms with Crippen molar-refractivity contribution < 1.29 is 0 Å². The summed E-state index contributed by atoms with van der Waals surface area (Å²) in [6.07, 6.45) is 2.76. The average molecular weight is 190 g/mol. The van der Waals surface area contributed by atoms with Crippen molar-refractivity contribution in [2.45, 2.75) is 38.4 Å². The largest absolute Gasteiger partial charge is 0.151 e. The van der Waals surface area contributed by atoms with Crippen molar-refractivity contribution in [2.24, 2.45) is 5.92 Å². The number of thioether (sulfide) groups is 2. The van der Waals surface area contributed by atoms with Crippen LogP contribution in [0, 0.1) is 5.92 Å². The fourth-order valence-corrected chi connectivity index (χ4v) is 4.53. The molecule has 1 atom stereocenters. The molecule has 1 fully saturated rings. The fraction of sp³-hybridized carbons (Fsp3) is 1.00. The minimum Gasteiger partial charge on any atom is -0.151 e. The minimum absolute atomic E-state index is 0.532. The predicted molar refractivity (Wildman–Crippen MR) is 57.4 cm³/mol. The Bertz CT molecular complexity index is 121. The summed E-state index contributed by atoms with van der Waals surface area (Å²) in [5.41, 5.74) is 0. The van der Waals surface area contributed by atoms with Gasteiger partial charge in [0, 0.05) is 9.83 Å². The highest BCUT2D eigenvalue weighted by Gasteiger charge is 2.25. The second kappa shape index (κ2) is 4.08. The van der Waals surface area contributed by atoms with Gasteiger partial charge in [-0.05, 0) is 18.1 Å². The fourth-order valence-electron chi connectivity index (χ4n) is 1.49. The minimum atomic E-state index is 0.532. The molecule has 0 N–H and O–H groups in total. The van der Waals surface area contributed by atoms with E-state index in [1.54, 1.807) is 0 Å². The van der Waals surface area contributed by atoms with Gasteiger partial charge in [-0.3, -0.25) is 0 Å². The molecule has 1 saturated heterocycles. The first-order valence-corrected chi connectivity index (χ1v) is 6.50. The molecule has 0 aromatic heterocycles. The van der Waals surface area contributed by atoms with Gasteiger partial charge in [-0.25, -0.2) is 0 Å². The molecule has 11 heavy (non-hydrogen) atoms. The Morgan fingerprint density at radius 2 is 2.18 bits per heavy atom. The molecule has 0 amide bonds. The van der Waals surface area contributed by atoms with E-state index < -0.39 is 0 Å². The van der Waals surface area contributed by atoms with Gasteiger partial charge in [-0.1, -0.05) is 27.2 Å². The van der Waals surface area contributed by atoms with Crippen LogP contribution in [0.3, 0.4) is 0 Å². The van der Waals surface area contributed by atoms with Crippen LogP contribution >= 0.6 is 23.5 Å². The van der Waals surface area contributed by atoms with Crippen LogP contribution < -0.4 is 0 Å². The van der Waals surface area contributed by atoms with Gasteiger partial charge >= 0.3 is 0 Å². The van der Waals surface area contributed by atoms with Gasteiger partial charge in [0.25, 0.3) is 0 Å². The molecule has 0 aromatic rings. The number of hydrogen-bond acceptors (Lipinski definition) is 2. The van der Waals surface area contributed by atoms with E-state index in [1.807, 2.05) is 0 Å². The smallest absolute Gasteiger partial charge is 0.0397 e. The highest BCUT2D eigenvalue weighted by molar-refractivity contribution is 8.16. The van der Waals surface area contributed by atoms with Gasteiger partial charge in [0.1, 0.15) is 0 Å². The lowest BCUT2D eigenvalue weighted by atomic mass is 9.96. The lowest BCUT2D eigenvalue weighted by molar-refractivity contribution is 0.465. The molecular formula is C9H18S2. The lowest BCUT2D eigenvalue weighted by Crippen LogP contribution is -2.18. The summed E-state index contributed by atoms with van der Waals surface area (Å²) >= 11 is 4.24. The number of hydrogen-bond donors (Lipinski definition) is 0. The van der Waals surface area contributed by atoms with Crippen LogP contribution in [0.4, 0.5) is 0 Å². The summed E-state index contributed by atoms with van der Waals surface area (Å²) in [5.74, 6) is 2.34. The van der Waals surface area contributed by atoms with Gasteiger partial charge in [0.2, 0.25) is 0 Å². The highest BCUT2D eigenvalue weighted by Crippen LogP contribution is 2.39. The van der Waals surface area contributed by atoms with Crippen LogP contribution in [0.2, 0.25) is 0 Å². The van der Waals surface area contributed by atoms with E-state index in [4.69, 9.17) is 0 Å². The third-order valence-corrected chi connectivity index (χ3v) is 5.04. The molecular weight excluding hydrogens is 172 g/mol. The van der Waals surface area contributed by atoms with Crippen LogP contribution in [-0.4, -0.2) is 15.6 Å². The van der Waals surface area contributed by atoms with E-state index in [-0.39, 0.29) is 0 Å². The first-order chi connectivity index (χ1) is 5.14. The maximum absolute atomic E-state index is 2.38. The monoisotopic (exact) mass is 190 g/mol. The molecule has 0 nitrogen and oxygen atoms in total. The Morgan fingerprint density at radius 3 is 2.82 bits per heavy atom. The first-order valence-electron chi connectivity index (χ1n) is 4.36. The molecule has 0 aliphatic carbocycles. The van der Waals surface area contributed by atoms with E-state index in [9.17, 15) is 0 Å². The molecule has 2 heteroatoms. The zero-order valence-corrected chi connectivity index (χ0v) is 9.36. The Labute approximate surface area is 78.9 Å². The maximum atomic E-state index is 2.38. The summed E-state index contributed by atoms with van der Waals surface area (Å²) in [5, 5.41) is 1.30. The van der Waals surface area contributed by atoms with Gasteiger partial charge < -0.3 is 0 Å². The summed E-state index contributed by atoms with van der Waals surface area (Å²) in [6.45, 7) is 7.08. The Hall–Kier alpha value is 0.700. The molecule has 0 bridgehead atoms. The molecule has 1 rings (SSSR count). The third kappa shape index (κ3) is 3.29. The first kappa shape index (κ1) is 9.79. The maximum Gasteiger partial charge on any atom is 0.0397 e. The van der Waals surface area contributed by atoms with Crippen LogP contribution in [0.5, 0.6) is 0 Å². The molecule has 0 aromatic carbocycles.